The van der Waals surface area contributed by atoms with Crippen LogP contribution in [0.15, 0.2) is 12.1 Å². The van der Waals surface area contributed by atoms with Gasteiger partial charge in [0.25, 0.3) is 0 Å². The van der Waals surface area contributed by atoms with Gasteiger partial charge in [0.2, 0.25) is 8.32 Å². The van der Waals surface area contributed by atoms with Gasteiger partial charge in [-0.15, -0.1) is 0 Å². The van der Waals surface area contributed by atoms with Gasteiger partial charge in [0, 0.05) is 12.0 Å². The molecule has 4 rings (SSSR count). The van der Waals surface area contributed by atoms with E-state index in [0.29, 0.717) is 23.4 Å². The minimum atomic E-state index is -1.76. The smallest absolute Gasteiger partial charge is 0.242 e. The van der Waals surface area contributed by atoms with Crippen LogP contribution in [0.1, 0.15) is 56.1 Å². The second-order valence-electron chi connectivity index (χ2n) is 12.2. The lowest BCUT2D eigenvalue weighted by Gasteiger charge is -2.53. The van der Waals surface area contributed by atoms with E-state index >= 15 is 0 Å². The quantitative estimate of drug-likeness (QED) is 0.456. The molecule has 0 aliphatic heterocycles. The highest BCUT2D eigenvalue weighted by Crippen LogP contribution is 2.62. The summed E-state index contributed by atoms with van der Waals surface area (Å²) in [5.74, 6) is 3.95. The van der Waals surface area contributed by atoms with Crippen molar-refractivity contribution in [2.75, 3.05) is 7.11 Å². The first-order valence-electron chi connectivity index (χ1n) is 12.0. The van der Waals surface area contributed by atoms with Crippen molar-refractivity contribution in [3.63, 3.8) is 0 Å². The lowest BCUT2D eigenvalue weighted by Crippen LogP contribution is -2.50. The molecular weight excluding hydrogens is 404 g/mol. The Balaban J connectivity index is 1.82. The average molecular weight is 447 g/mol. The lowest BCUT2D eigenvalue weighted by molar-refractivity contribution is -0.0170. The fraction of sp³-hybridized carbons (Fsp3) is 0.760. The molecule has 1 unspecified atom stereocenters. The van der Waals surface area contributed by atoms with Crippen LogP contribution in [0.3, 0.4) is 0 Å². The highest BCUT2D eigenvalue weighted by molar-refractivity contribution is 6.70. The maximum absolute atomic E-state index is 6.97. The van der Waals surface area contributed by atoms with Crippen LogP contribution in [0.2, 0.25) is 39.3 Å². The van der Waals surface area contributed by atoms with Gasteiger partial charge in [-0.25, -0.2) is 0 Å². The molecule has 0 N–H and O–H groups in total. The van der Waals surface area contributed by atoms with Crippen molar-refractivity contribution in [1.29, 1.82) is 0 Å². The maximum atomic E-state index is 6.97. The Hall–Kier alpha value is -0.786. The zero-order valence-electron chi connectivity index (χ0n) is 20.4. The number of hydrogen-bond acceptors (Lipinski definition) is 3. The largest absolute Gasteiger partial charge is 0.542 e. The molecule has 3 nitrogen and oxygen atoms in total. The SMILES string of the molecule is COc1ccc2c(c1O[Si](C)(C)C)CC(O[Si](C)(C)C)[C@@H]1[C@@H]2CC[C@]2(C)CCC[C@@H]12. The van der Waals surface area contributed by atoms with Crippen LogP contribution in [-0.4, -0.2) is 29.8 Å². The van der Waals surface area contributed by atoms with Crippen molar-refractivity contribution < 1.29 is 13.6 Å². The van der Waals surface area contributed by atoms with Gasteiger partial charge >= 0.3 is 0 Å². The summed E-state index contributed by atoms with van der Waals surface area (Å²) in [6.45, 7) is 16.4. The molecular formula is C25H42O3Si2. The van der Waals surface area contributed by atoms with Crippen molar-refractivity contribution in [3.05, 3.63) is 23.3 Å². The number of methoxy groups -OCH3 is 1. The number of ether oxygens (including phenoxy) is 1. The van der Waals surface area contributed by atoms with Crippen molar-refractivity contribution in [3.8, 4) is 11.5 Å². The molecule has 30 heavy (non-hydrogen) atoms. The number of benzene rings is 1. The first-order valence-corrected chi connectivity index (χ1v) is 18.8. The van der Waals surface area contributed by atoms with Crippen LogP contribution in [0.5, 0.6) is 11.5 Å². The predicted molar refractivity (Wildman–Crippen MR) is 130 cm³/mol. The van der Waals surface area contributed by atoms with Gasteiger partial charge in [0.15, 0.2) is 14.1 Å². The number of rotatable bonds is 5. The molecule has 0 aromatic heterocycles. The second-order valence-corrected chi connectivity index (χ2v) is 21.1. The molecule has 1 aromatic rings. The Bertz CT molecular complexity index is 795. The summed E-state index contributed by atoms with van der Waals surface area (Å²) in [5, 5.41) is 0. The Labute approximate surface area is 186 Å². The minimum Gasteiger partial charge on any atom is -0.542 e. The molecule has 0 spiro atoms. The van der Waals surface area contributed by atoms with E-state index in [4.69, 9.17) is 13.6 Å². The normalized spacial score (nSPS) is 33.5. The van der Waals surface area contributed by atoms with E-state index in [1.807, 2.05) is 0 Å². The van der Waals surface area contributed by atoms with Crippen molar-refractivity contribution in [2.45, 2.75) is 96.8 Å². The molecule has 5 heteroatoms. The summed E-state index contributed by atoms with van der Waals surface area (Å²) in [5.41, 5.74) is 3.42. The molecule has 2 saturated carbocycles. The third-order valence-corrected chi connectivity index (χ3v) is 9.57. The van der Waals surface area contributed by atoms with Crippen molar-refractivity contribution >= 4 is 16.6 Å². The van der Waals surface area contributed by atoms with E-state index in [1.54, 1.807) is 7.11 Å². The third kappa shape index (κ3) is 4.14. The summed E-state index contributed by atoms with van der Waals surface area (Å²) >= 11 is 0. The van der Waals surface area contributed by atoms with Crippen LogP contribution >= 0.6 is 0 Å². The Kier molecular flexibility index (Phi) is 5.72. The Morgan fingerprint density at radius 2 is 1.70 bits per heavy atom. The lowest BCUT2D eigenvalue weighted by atomic mass is 9.55. The van der Waals surface area contributed by atoms with Crippen molar-refractivity contribution in [1.82, 2.24) is 0 Å². The van der Waals surface area contributed by atoms with Crippen molar-refractivity contribution in [2.24, 2.45) is 17.3 Å². The molecule has 0 heterocycles. The topological polar surface area (TPSA) is 27.7 Å². The Morgan fingerprint density at radius 1 is 0.967 bits per heavy atom. The van der Waals surface area contributed by atoms with Crippen LogP contribution in [0.4, 0.5) is 0 Å². The standard InChI is InChI=1S/C25H42O3Si2/c1-25-14-9-10-20(25)23-18(13-15-25)17-11-12-21(26-2)24(28-30(6,7)8)19(17)16-22(23)27-29(3,4)5/h11-12,18,20,22-23H,9-10,13-16H2,1-8H3/t18-,20+,22?,23-,25+/m1/s1. The molecule has 3 aliphatic rings. The summed E-state index contributed by atoms with van der Waals surface area (Å²) in [6, 6.07) is 4.51. The minimum absolute atomic E-state index is 0.313. The van der Waals surface area contributed by atoms with Gasteiger partial charge in [-0.2, -0.15) is 0 Å². The molecule has 2 fully saturated rings. The zero-order chi connectivity index (χ0) is 21.9. The van der Waals surface area contributed by atoms with Crippen LogP contribution in [0.25, 0.3) is 0 Å². The molecule has 0 amide bonds. The van der Waals surface area contributed by atoms with Gasteiger partial charge in [0.05, 0.1) is 13.2 Å². The summed E-state index contributed by atoms with van der Waals surface area (Å²) in [4.78, 5) is 0. The summed E-state index contributed by atoms with van der Waals surface area (Å²) in [7, 11) is -1.65. The Morgan fingerprint density at radius 3 is 2.33 bits per heavy atom. The number of hydrogen-bond donors (Lipinski definition) is 0. The van der Waals surface area contributed by atoms with E-state index in [9.17, 15) is 0 Å². The molecule has 3 aliphatic carbocycles. The molecule has 0 bridgehead atoms. The molecule has 5 atom stereocenters. The average Bonchev–Trinajstić information content (AvgIpc) is 3.01. The van der Waals surface area contributed by atoms with E-state index in [-0.39, 0.29) is 0 Å². The highest BCUT2D eigenvalue weighted by atomic mass is 28.4. The zero-order valence-corrected chi connectivity index (χ0v) is 22.4. The van der Waals surface area contributed by atoms with Crippen LogP contribution in [-0.2, 0) is 10.8 Å². The fourth-order valence-electron chi connectivity index (χ4n) is 6.74. The molecule has 0 radical (unpaired) electrons. The number of fused-ring (bicyclic) bond motifs is 5. The second kappa shape index (κ2) is 7.66. The van der Waals surface area contributed by atoms with E-state index in [2.05, 4.69) is 58.3 Å². The van der Waals surface area contributed by atoms with E-state index in [1.165, 1.54) is 43.2 Å². The van der Waals surface area contributed by atoms with Gasteiger partial charge < -0.3 is 13.6 Å². The van der Waals surface area contributed by atoms with E-state index < -0.39 is 16.6 Å². The maximum Gasteiger partial charge on any atom is 0.242 e. The first-order chi connectivity index (χ1) is 13.9. The highest BCUT2D eigenvalue weighted by Gasteiger charge is 2.54. The molecule has 1 aromatic carbocycles. The van der Waals surface area contributed by atoms with E-state index in [0.717, 1.165) is 23.8 Å². The van der Waals surface area contributed by atoms with Crippen LogP contribution < -0.4 is 9.16 Å². The molecule has 168 valence electrons. The van der Waals surface area contributed by atoms with Gasteiger partial charge in [0.1, 0.15) is 5.75 Å². The monoisotopic (exact) mass is 446 g/mol. The third-order valence-electron chi connectivity index (χ3n) is 7.74. The van der Waals surface area contributed by atoms with Gasteiger partial charge in [-0.1, -0.05) is 19.4 Å². The first kappa shape index (κ1) is 22.4. The predicted octanol–water partition coefficient (Wildman–Crippen LogP) is 6.99. The fourth-order valence-corrected chi connectivity index (χ4v) is 8.72. The summed E-state index contributed by atoms with van der Waals surface area (Å²) < 4.78 is 19.4. The summed E-state index contributed by atoms with van der Waals surface area (Å²) in [6.07, 6.45) is 8.11. The van der Waals surface area contributed by atoms with Gasteiger partial charge in [-0.05, 0) is 99.8 Å². The molecule has 0 saturated heterocycles. The van der Waals surface area contributed by atoms with Gasteiger partial charge in [-0.3, -0.25) is 0 Å². The van der Waals surface area contributed by atoms with Crippen LogP contribution in [0, 0.1) is 17.3 Å².